The average Bonchev–Trinajstić information content (AvgIpc) is 2.16. The van der Waals surface area contributed by atoms with Gasteiger partial charge >= 0.3 is 5.97 Å². The molecule has 1 aliphatic rings. The molecule has 1 rings (SSSR count). The van der Waals surface area contributed by atoms with Crippen molar-refractivity contribution in [3.05, 3.63) is 0 Å². The number of aliphatic carboxylic acids is 1. The lowest BCUT2D eigenvalue weighted by molar-refractivity contribution is -0.138. The van der Waals surface area contributed by atoms with Gasteiger partial charge in [-0.2, -0.15) is 0 Å². The highest BCUT2D eigenvalue weighted by Crippen LogP contribution is 2.21. The van der Waals surface area contributed by atoms with Crippen molar-refractivity contribution in [3.8, 4) is 0 Å². The Morgan fingerprint density at radius 2 is 2.19 bits per heavy atom. The molecule has 16 heavy (non-hydrogen) atoms. The van der Waals surface area contributed by atoms with Crippen molar-refractivity contribution in [1.82, 2.24) is 10.2 Å². The molecule has 0 aromatic carbocycles. The van der Waals surface area contributed by atoms with Gasteiger partial charge in [-0.05, 0) is 32.7 Å². The lowest BCUT2D eigenvalue weighted by Gasteiger charge is -2.40. The Labute approximate surface area is 98.0 Å². The number of nitrogens with zero attached hydrogens (tertiary/aromatic N) is 1. The fourth-order valence-corrected chi connectivity index (χ4v) is 2.49. The number of likely N-dealkylation sites (tertiary alicyclic amines) is 1. The Balaban J connectivity index is 2.55. The van der Waals surface area contributed by atoms with Gasteiger partial charge in [0, 0.05) is 31.6 Å². The maximum atomic E-state index is 10.8. The topological polar surface area (TPSA) is 52.6 Å². The summed E-state index contributed by atoms with van der Waals surface area (Å²) in [6.07, 6.45) is 1.29. The number of hydrogen-bond donors (Lipinski definition) is 2. The van der Waals surface area contributed by atoms with Gasteiger partial charge in [0.05, 0.1) is 0 Å². The zero-order valence-electron chi connectivity index (χ0n) is 10.6. The third kappa shape index (κ3) is 4.10. The van der Waals surface area contributed by atoms with Crippen LogP contribution in [0.2, 0.25) is 0 Å². The summed E-state index contributed by atoms with van der Waals surface area (Å²) in [5.41, 5.74) is 0. The minimum absolute atomic E-state index is 0.290. The smallest absolute Gasteiger partial charge is 0.303 e. The quantitative estimate of drug-likeness (QED) is 0.741. The van der Waals surface area contributed by atoms with E-state index < -0.39 is 5.97 Å². The molecule has 0 amide bonds. The first-order valence-corrected chi connectivity index (χ1v) is 6.22. The van der Waals surface area contributed by atoms with Crippen LogP contribution in [0.5, 0.6) is 0 Å². The van der Waals surface area contributed by atoms with Crippen molar-refractivity contribution in [2.45, 2.75) is 45.7 Å². The number of hydrogen-bond acceptors (Lipinski definition) is 3. The van der Waals surface area contributed by atoms with Gasteiger partial charge in [-0.25, -0.2) is 0 Å². The number of rotatable bonds is 5. The molecule has 0 aromatic heterocycles. The second-order valence-electron chi connectivity index (χ2n) is 5.00. The Bertz CT molecular complexity index is 231. The molecule has 94 valence electrons. The first-order valence-electron chi connectivity index (χ1n) is 6.22. The largest absolute Gasteiger partial charge is 0.481 e. The van der Waals surface area contributed by atoms with E-state index >= 15 is 0 Å². The SMILES string of the molecule is CCNC1CC(CC(=O)O)CN(C(C)C)C1. The van der Waals surface area contributed by atoms with E-state index in [9.17, 15) is 4.79 Å². The minimum atomic E-state index is -0.675. The molecule has 0 aliphatic carbocycles. The van der Waals surface area contributed by atoms with Crippen LogP contribution >= 0.6 is 0 Å². The summed E-state index contributed by atoms with van der Waals surface area (Å²) < 4.78 is 0. The van der Waals surface area contributed by atoms with E-state index in [1.165, 1.54) is 0 Å². The van der Waals surface area contributed by atoms with E-state index in [0.29, 0.717) is 18.5 Å². The molecule has 1 aliphatic heterocycles. The molecule has 0 bridgehead atoms. The van der Waals surface area contributed by atoms with E-state index in [0.717, 1.165) is 26.1 Å². The van der Waals surface area contributed by atoms with Gasteiger partial charge in [-0.15, -0.1) is 0 Å². The predicted molar refractivity (Wildman–Crippen MR) is 64.5 cm³/mol. The van der Waals surface area contributed by atoms with E-state index in [1.54, 1.807) is 0 Å². The molecule has 0 aromatic rings. The normalized spacial score (nSPS) is 27.2. The van der Waals surface area contributed by atoms with Crippen molar-refractivity contribution >= 4 is 5.97 Å². The van der Waals surface area contributed by atoms with E-state index in [1.807, 2.05) is 0 Å². The average molecular weight is 228 g/mol. The van der Waals surface area contributed by atoms with Crippen LogP contribution in [0.3, 0.4) is 0 Å². The summed E-state index contributed by atoms with van der Waals surface area (Å²) in [7, 11) is 0. The van der Waals surface area contributed by atoms with Crippen molar-refractivity contribution in [2.75, 3.05) is 19.6 Å². The summed E-state index contributed by atoms with van der Waals surface area (Å²) >= 11 is 0. The Morgan fingerprint density at radius 3 is 2.69 bits per heavy atom. The summed E-state index contributed by atoms with van der Waals surface area (Å²) in [4.78, 5) is 13.1. The number of likely N-dealkylation sites (N-methyl/N-ethyl adjacent to an activating group) is 1. The molecule has 1 saturated heterocycles. The van der Waals surface area contributed by atoms with Crippen molar-refractivity contribution in [1.29, 1.82) is 0 Å². The summed E-state index contributed by atoms with van der Waals surface area (Å²) in [6.45, 7) is 9.36. The maximum absolute atomic E-state index is 10.8. The Morgan fingerprint density at radius 1 is 1.50 bits per heavy atom. The van der Waals surface area contributed by atoms with Crippen LogP contribution < -0.4 is 5.32 Å². The molecule has 0 radical (unpaired) electrons. The van der Waals surface area contributed by atoms with Gasteiger partial charge in [-0.3, -0.25) is 9.69 Å². The fraction of sp³-hybridized carbons (Fsp3) is 0.917. The molecule has 4 heteroatoms. The highest BCUT2D eigenvalue weighted by Gasteiger charge is 2.29. The second-order valence-corrected chi connectivity index (χ2v) is 5.00. The van der Waals surface area contributed by atoms with Crippen LogP contribution in [0.4, 0.5) is 0 Å². The van der Waals surface area contributed by atoms with Gasteiger partial charge in [0.1, 0.15) is 0 Å². The van der Waals surface area contributed by atoms with Gasteiger partial charge < -0.3 is 10.4 Å². The number of carboxylic acid groups (broad SMARTS) is 1. The highest BCUT2D eigenvalue weighted by molar-refractivity contribution is 5.67. The standard InChI is InChI=1S/C12H24N2O2/c1-4-13-11-5-10(6-12(15)16)7-14(8-11)9(2)3/h9-11,13H,4-8H2,1-3H3,(H,15,16). The third-order valence-electron chi connectivity index (χ3n) is 3.25. The summed E-state index contributed by atoms with van der Waals surface area (Å²) in [6, 6.07) is 0.947. The molecule has 2 atom stereocenters. The van der Waals surface area contributed by atoms with Crippen LogP contribution in [0, 0.1) is 5.92 Å². The number of carbonyl (C=O) groups is 1. The zero-order chi connectivity index (χ0) is 12.1. The van der Waals surface area contributed by atoms with Crippen LogP contribution in [0.15, 0.2) is 0 Å². The molecular weight excluding hydrogens is 204 g/mol. The minimum Gasteiger partial charge on any atom is -0.481 e. The Kier molecular flexibility index (Phi) is 5.22. The summed E-state index contributed by atoms with van der Waals surface area (Å²) in [5.74, 6) is -0.386. The monoisotopic (exact) mass is 228 g/mol. The van der Waals surface area contributed by atoms with Gasteiger partial charge in [0.25, 0.3) is 0 Å². The van der Waals surface area contributed by atoms with Gasteiger partial charge in [-0.1, -0.05) is 6.92 Å². The molecule has 1 fully saturated rings. The molecule has 2 unspecified atom stereocenters. The lowest BCUT2D eigenvalue weighted by Crippen LogP contribution is -2.51. The summed E-state index contributed by atoms with van der Waals surface area (Å²) in [5, 5.41) is 12.3. The predicted octanol–water partition coefficient (Wildman–Crippen LogP) is 1.17. The van der Waals surface area contributed by atoms with Gasteiger partial charge in [0.2, 0.25) is 0 Å². The number of carboxylic acids is 1. The molecule has 0 saturated carbocycles. The molecule has 1 heterocycles. The zero-order valence-corrected chi connectivity index (χ0v) is 10.6. The molecule has 2 N–H and O–H groups in total. The van der Waals surface area contributed by atoms with E-state index in [2.05, 4.69) is 31.0 Å². The van der Waals surface area contributed by atoms with Crippen LogP contribution in [0.1, 0.15) is 33.6 Å². The van der Waals surface area contributed by atoms with Crippen LogP contribution in [-0.4, -0.2) is 47.7 Å². The van der Waals surface area contributed by atoms with E-state index in [-0.39, 0.29) is 5.92 Å². The fourth-order valence-electron chi connectivity index (χ4n) is 2.49. The van der Waals surface area contributed by atoms with Crippen LogP contribution in [-0.2, 0) is 4.79 Å². The van der Waals surface area contributed by atoms with E-state index in [4.69, 9.17) is 5.11 Å². The molecular formula is C12H24N2O2. The highest BCUT2D eigenvalue weighted by atomic mass is 16.4. The maximum Gasteiger partial charge on any atom is 0.303 e. The van der Waals surface area contributed by atoms with Crippen molar-refractivity contribution in [2.24, 2.45) is 5.92 Å². The first-order chi connectivity index (χ1) is 7.52. The first kappa shape index (κ1) is 13.5. The third-order valence-corrected chi connectivity index (χ3v) is 3.25. The lowest BCUT2D eigenvalue weighted by atomic mass is 9.90. The van der Waals surface area contributed by atoms with Crippen LogP contribution in [0.25, 0.3) is 0 Å². The number of piperidine rings is 1. The molecule has 4 nitrogen and oxygen atoms in total. The Hall–Kier alpha value is -0.610. The van der Waals surface area contributed by atoms with Gasteiger partial charge in [0.15, 0.2) is 0 Å². The van der Waals surface area contributed by atoms with Crippen molar-refractivity contribution in [3.63, 3.8) is 0 Å². The number of nitrogens with one attached hydrogen (secondary N) is 1. The van der Waals surface area contributed by atoms with Crippen molar-refractivity contribution < 1.29 is 9.90 Å². The second kappa shape index (κ2) is 6.21. The molecule has 0 spiro atoms.